The first-order valence-corrected chi connectivity index (χ1v) is 11.3. The zero-order valence-corrected chi connectivity index (χ0v) is 18.7. The molecule has 0 heterocycles. The Labute approximate surface area is 173 Å². The van der Waals surface area contributed by atoms with Crippen molar-refractivity contribution >= 4 is 50.2 Å². The summed E-state index contributed by atoms with van der Waals surface area (Å²) in [6.07, 6.45) is 0. The Kier molecular flexibility index (Phi) is 9.28. The first-order chi connectivity index (χ1) is 12.6. The van der Waals surface area contributed by atoms with Gasteiger partial charge in [-0.1, -0.05) is 42.5 Å². The lowest BCUT2D eigenvalue weighted by atomic mass is 10.2. The van der Waals surface area contributed by atoms with E-state index in [1.54, 1.807) is 19.0 Å². The first kappa shape index (κ1) is 23.5. The number of carbonyl (C=O) groups excluding carboxylic acids is 1. The van der Waals surface area contributed by atoms with Gasteiger partial charge in [0, 0.05) is 32.7 Å². The van der Waals surface area contributed by atoms with Crippen LogP contribution in [-0.2, 0) is 14.6 Å². The fourth-order valence-electron chi connectivity index (χ4n) is 2.56. The van der Waals surface area contributed by atoms with Crippen LogP contribution in [0.1, 0.15) is 19.4 Å². The van der Waals surface area contributed by atoms with E-state index in [0.717, 1.165) is 5.56 Å². The van der Waals surface area contributed by atoms with Crippen LogP contribution in [0, 0.1) is 0 Å². The van der Waals surface area contributed by atoms with Crippen molar-refractivity contribution in [1.82, 2.24) is 14.7 Å². The molecule has 0 amide bonds. The molecular weight excluding hydrogens is 402 g/mol. The second-order valence-electron chi connectivity index (χ2n) is 6.24. The number of Topliss-reactive ketones (excluding diaryl/α,β-unsaturated/α-hetero) is 1. The maximum absolute atomic E-state index is 12.4. The molecule has 0 unspecified atom stereocenters. The fraction of sp³-hybridized carbons (Fsp3) is 0.500. The molecule has 9 heteroatoms. The minimum absolute atomic E-state index is 0.0584. The van der Waals surface area contributed by atoms with Gasteiger partial charge in [-0.2, -0.15) is 0 Å². The van der Waals surface area contributed by atoms with Crippen LogP contribution >= 0.6 is 24.4 Å². The molecule has 0 saturated carbocycles. The number of benzene rings is 1. The SMILES string of the molecule is CCN(CC)C(=S)N(C)CS(=O)(=O)CC(=O)CN(C)C(=S)c1ccccc1. The van der Waals surface area contributed by atoms with Gasteiger partial charge in [-0.15, -0.1) is 0 Å². The van der Waals surface area contributed by atoms with E-state index in [2.05, 4.69) is 0 Å². The third-order valence-corrected chi connectivity index (χ3v) is 6.57. The number of nitrogens with zero attached hydrogens (tertiary/aromatic N) is 3. The molecule has 1 aromatic carbocycles. The van der Waals surface area contributed by atoms with Gasteiger partial charge in [0.15, 0.2) is 20.7 Å². The summed E-state index contributed by atoms with van der Waals surface area (Å²) in [6.45, 7) is 5.23. The molecule has 0 atom stereocenters. The summed E-state index contributed by atoms with van der Waals surface area (Å²) in [4.78, 5) is 17.7. The summed E-state index contributed by atoms with van der Waals surface area (Å²) < 4.78 is 24.8. The van der Waals surface area contributed by atoms with Gasteiger partial charge in [-0.3, -0.25) is 4.79 Å². The molecule has 0 aliphatic heterocycles. The second-order valence-corrected chi connectivity index (χ2v) is 9.02. The average Bonchev–Trinajstić information content (AvgIpc) is 2.61. The molecule has 0 N–H and O–H groups in total. The summed E-state index contributed by atoms with van der Waals surface area (Å²) in [7, 11) is -0.312. The lowest BCUT2D eigenvalue weighted by Gasteiger charge is -2.29. The Morgan fingerprint density at radius 3 is 2.07 bits per heavy atom. The lowest BCUT2D eigenvalue weighted by Crippen LogP contribution is -2.44. The van der Waals surface area contributed by atoms with Crippen molar-refractivity contribution in [2.45, 2.75) is 13.8 Å². The van der Waals surface area contributed by atoms with Gasteiger partial charge in [0.1, 0.15) is 16.6 Å². The number of hydrogen-bond acceptors (Lipinski definition) is 5. The summed E-state index contributed by atoms with van der Waals surface area (Å²) in [5.74, 6) is -1.24. The van der Waals surface area contributed by atoms with Crippen molar-refractivity contribution in [3.05, 3.63) is 35.9 Å². The van der Waals surface area contributed by atoms with E-state index in [1.165, 1.54) is 4.90 Å². The molecule has 0 saturated heterocycles. The molecule has 1 rings (SSSR count). The highest BCUT2D eigenvalue weighted by molar-refractivity contribution is 7.92. The van der Waals surface area contributed by atoms with Crippen molar-refractivity contribution < 1.29 is 13.2 Å². The standard InChI is InChI=1S/C18H27N3O3S3/c1-5-21(6-2)18(26)20(4)14-27(23,24)13-16(22)12-19(3)17(25)15-10-8-7-9-11-15/h7-11H,5-6,12-14H2,1-4H3. The summed E-state index contributed by atoms with van der Waals surface area (Å²) >= 11 is 10.7. The number of thiocarbonyl (C=S) groups is 2. The average molecular weight is 430 g/mol. The van der Waals surface area contributed by atoms with Gasteiger partial charge >= 0.3 is 0 Å². The van der Waals surface area contributed by atoms with E-state index < -0.39 is 21.4 Å². The van der Waals surface area contributed by atoms with Gasteiger partial charge in [-0.05, 0) is 26.1 Å². The smallest absolute Gasteiger partial charge is 0.175 e. The van der Waals surface area contributed by atoms with E-state index in [-0.39, 0.29) is 12.4 Å². The van der Waals surface area contributed by atoms with Crippen molar-refractivity contribution in [1.29, 1.82) is 0 Å². The van der Waals surface area contributed by atoms with Crippen LogP contribution in [0.4, 0.5) is 0 Å². The first-order valence-electron chi connectivity index (χ1n) is 8.64. The quantitative estimate of drug-likeness (QED) is 0.551. The molecular formula is C18H27N3O3S3. The maximum Gasteiger partial charge on any atom is 0.175 e. The van der Waals surface area contributed by atoms with Crippen LogP contribution in [0.2, 0.25) is 0 Å². The maximum atomic E-state index is 12.4. The van der Waals surface area contributed by atoms with Crippen LogP contribution in [0.3, 0.4) is 0 Å². The van der Waals surface area contributed by atoms with Crippen molar-refractivity contribution in [3.63, 3.8) is 0 Å². The molecule has 0 fully saturated rings. The highest BCUT2D eigenvalue weighted by Crippen LogP contribution is 2.06. The zero-order chi connectivity index (χ0) is 20.6. The van der Waals surface area contributed by atoms with Crippen molar-refractivity contribution in [2.75, 3.05) is 45.4 Å². The Morgan fingerprint density at radius 2 is 1.56 bits per heavy atom. The number of carbonyl (C=O) groups is 1. The Morgan fingerprint density at radius 1 is 1.00 bits per heavy atom. The number of ketones is 1. The van der Waals surface area contributed by atoms with Gasteiger partial charge in [0.25, 0.3) is 0 Å². The molecule has 0 bridgehead atoms. The van der Waals surface area contributed by atoms with E-state index in [4.69, 9.17) is 24.4 Å². The third-order valence-electron chi connectivity index (χ3n) is 3.91. The Hall–Kier alpha value is -1.58. The van der Waals surface area contributed by atoms with E-state index in [0.29, 0.717) is 23.2 Å². The molecule has 0 spiro atoms. The van der Waals surface area contributed by atoms with Crippen LogP contribution in [-0.4, -0.2) is 84.4 Å². The molecule has 0 aromatic heterocycles. The Balaban J connectivity index is 2.64. The number of hydrogen-bond donors (Lipinski definition) is 0. The summed E-state index contributed by atoms with van der Waals surface area (Å²) in [5, 5.41) is 0.457. The third kappa shape index (κ3) is 7.51. The summed E-state index contributed by atoms with van der Waals surface area (Å²) in [5.41, 5.74) is 0.815. The van der Waals surface area contributed by atoms with E-state index in [1.807, 2.05) is 49.1 Å². The molecule has 1 aromatic rings. The highest BCUT2D eigenvalue weighted by atomic mass is 32.2. The number of rotatable bonds is 9. The monoisotopic (exact) mass is 429 g/mol. The molecule has 6 nitrogen and oxygen atoms in total. The number of likely N-dealkylation sites (N-methyl/N-ethyl adjacent to an activating group) is 1. The molecule has 27 heavy (non-hydrogen) atoms. The zero-order valence-electron chi connectivity index (χ0n) is 16.2. The minimum Gasteiger partial charge on any atom is -0.358 e. The molecule has 150 valence electrons. The predicted octanol–water partition coefficient (Wildman–Crippen LogP) is 1.79. The fourth-order valence-corrected chi connectivity index (χ4v) is 4.55. The van der Waals surface area contributed by atoms with Crippen LogP contribution in [0.15, 0.2) is 30.3 Å². The predicted molar refractivity (Wildman–Crippen MR) is 118 cm³/mol. The van der Waals surface area contributed by atoms with Crippen LogP contribution in [0.5, 0.6) is 0 Å². The Bertz CT molecular complexity index is 763. The van der Waals surface area contributed by atoms with Gasteiger partial charge < -0.3 is 14.7 Å². The minimum atomic E-state index is -3.62. The topological polar surface area (TPSA) is 60.9 Å². The molecule has 0 radical (unpaired) electrons. The molecule has 0 aliphatic carbocycles. The normalized spacial score (nSPS) is 11.0. The van der Waals surface area contributed by atoms with Crippen LogP contribution in [0.25, 0.3) is 0 Å². The summed E-state index contributed by atoms with van der Waals surface area (Å²) in [6, 6.07) is 9.29. The highest BCUT2D eigenvalue weighted by Gasteiger charge is 2.23. The van der Waals surface area contributed by atoms with E-state index in [9.17, 15) is 13.2 Å². The van der Waals surface area contributed by atoms with Gasteiger partial charge in [-0.25, -0.2) is 8.42 Å². The molecule has 0 aliphatic rings. The second kappa shape index (κ2) is 10.7. The number of sulfone groups is 1. The van der Waals surface area contributed by atoms with Crippen molar-refractivity contribution in [2.24, 2.45) is 0 Å². The van der Waals surface area contributed by atoms with Crippen LogP contribution < -0.4 is 0 Å². The lowest BCUT2D eigenvalue weighted by molar-refractivity contribution is -0.116. The largest absolute Gasteiger partial charge is 0.358 e. The van der Waals surface area contributed by atoms with Crippen molar-refractivity contribution in [3.8, 4) is 0 Å². The van der Waals surface area contributed by atoms with E-state index >= 15 is 0 Å². The van der Waals surface area contributed by atoms with Gasteiger partial charge in [0.05, 0.1) is 6.54 Å². The van der Waals surface area contributed by atoms with Gasteiger partial charge in [0.2, 0.25) is 0 Å².